The van der Waals surface area contributed by atoms with E-state index in [2.05, 4.69) is 53.2 Å². The minimum Gasteiger partial charge on any atom is -0.481 e. The Bertz CT molecular complexity index is 949. The maximum absolute atomic E-state index is 9.88. The molecule has 0 spiro atoms. The highest BCUT2D eigenvalue weighted by molar-refractivity contribution is 14.1. The summed E-state index contributed by atoms with van der Waals surface area (Å²) in [4.78, 5) is 4.64. The molecular weight excluding hydrogens is 447 g/mol. The third-order valence-corrected chi connectivity index (χ3v) is 4.91. The number of hydrogen-bond acceptors (Lipinski definition) is 3. The molecule has 3 nitrogen and oxygen atoms in total. The molecule has 0 aliphatic rings. The van der Waals surface area contributed by atoms with E-state index in [0.717, 1.165) is 34.0 Å². The maximum Gasteiger partial charge on any atom is 0.216 e. The van der Waals surface area contributed by atoms with Gasteiger partial charge in [0.15, 0.2) is 0 Å². The van der Waals surface area contributed by atoms with Gasteiger partial charge in [-0.25, -0.2) is 4.98 Å². The summed E-state index contributed by atoms with van der Waals surface area (Å²) in [5.41, 5.74) is 3.11. The number of ether oxygens (including phenoxy) is 1. The van der Waals surface area contributed by atoms with Gasteiger partial charge in [0.05, 0.1) is 24.1 Å². The molecule has 0 amide bonds. The molecule has 0 aliphatic heterocycles. The van der Waals surface area contributed by atoms with Crippen molar-refractivity contribution in [3.05, 3.63) is 69.4 Å². The van der Waals surface area contributed by atoms with Crippen LogP contribution in [0.5, 0.6) is 5.88 Å². The Morgan fingerprint density at radius 2 is 2.15 bits per heavy atom. The van der Waals surface area contributed by atoms with E-state index in [-0.39, 0.29) is 0 Å². The van der Waals surface area contributed by atoms with Crippen molar-refractivity contribution in [2.45, 2.75) is 39.0 Å². The molecule has 2 rings (SSSR count). The summed E-state index contributed by atoms with van der Waals surface area (Å²) in [6, 6.07) is 10.6. The first-order valence-corrected chi connectivity index (χ1v) is 9.98. The minimum atomic E-state index is -0.670. The molecule has 27 heavy (non-hydrogen) atoms. The van der Waals surface area contributed by atoms with Crippen LogP contribution in [0.15, 0.2) is 58.2 Å². The molecule has 0 saturated heterocycles. The number of nitrogens with zero attached hydrogens (tertiary/aromatic N) is 2. The van der Waals surface area contributed by atoms with Crippen molar-refractivity contribution in [1.82, 2.24) is 4.98 Å². The summed E-state index contributed by atoms with van der Waals surface area (Å²) in [5.74, 6) is 0.647. The van der Waals surface area contributed by atoms with Crippen molar-refractivity contribution < 1.29 is 4.74 Å². The molecule has 1 unspecified atom stereocenters. The lowest BCUT2D eigenvalue weighted by molar-refractivity contribution is 0.395. The molecule has 1 atom stereocenters. The number of nitriles is 1. The van der Waals surface area contributed by atoms with E-state index >= 15 is 0 Å². The van der Waals surface area contributed by atoms with Gasteiger partial charge in [0, 0.05) is 10.9 Å². The van der Waals surface area contributed by atoms with Gasteiger partial charge >= 0.3 is 0 Å². The van der Waals surface area contributed by atoms with Gasteiger partial charge in [-0.2, -0.15) is 5.26 Å². The number of pyridine rings is 1. The fraction of sp³-hybridized carbons (Fsp3) is 0.304. The lowest BCUT2D eigenvalue weighted by Gasteiger charge is -2.23. The number of methoxy groups -OCH3 is 1. The Labute approximate surface area is 175 Å². The molecule has 1 aromatic heterocycles. The largest absolute Gasteiger partial charge is 0.481 e. The van der Waals surface area contributed by atoms with E-state index < -0.39 is 5.41 Å². The van der Waals surface area contributed by atoms with Crippen LogP contribution in [-0.4, -0.2) is 12.1 Å². The number of aromatic nitrogens is 1. The third-order valence-electron chi connectivity index (χ3n) is 4.55. The van der Waals surface area contributed by atoms with Crippen molar-refractivity contribution in [3.8, 4) is 11.9 Å². The normalized spacial score (nSPS) is 14.1. The zero-order chi connectivity index (χ0) is 20.0. The molecule has 0 saturated carbocycles. The molecular formula is C23H25IN2O. The lowest BCUT2D eigenvalue weighted by atomic mass is 9.78. The van der Waals surface area contributed by atoms with Crippen LogP contribution in [0.1, 0.15) is 38.3 Å². The van der Waals surface area contributed by atoms with Crippen LogP contribution in [0.25, 0.3) is 10.9 Å². The second-order valence-electron chi connectivity index (χ2n) is 6.81. The molecule has 0 N–H and O–H groups in total. The number of aryl methyl sites for hydroxylation is 1. The monoisotopic (exact) mass is 472 g/mol. The summed E-state index contributed by atoms with van der Waals surface area (Å²) < 4.78 is 6.61. The van der Waals surface area contributed by atoms with Crippen LogP contribution < -0.4 is 4.74 Å². The molecule has 140 valence electrons. The highest BCUT2D eigenvalue weighted by Crippen LogP contribution is 2.33. The van der Waals surface area contributed by atoms with E-state index in [1.54, 1.807) is 7.11 Å². The van der Waals surface area contributed by atoms with Gasteiger partial charge in [-0.15, -0.1) is 0 Å². The van der Waals surface area contributed by atoms with Crippen LogP contribution in [0.4, 0.5) is 0 Å². The fourth-order valence-electron chi connectivity index (χ4n) is 3.00. The predicted octanol–water partition coefficient (Wildman–Crippen LogP) is 6.43. The average molecular weight is 472 g/mol. The second kappa shape index (κ2) is 9.18. The number of hydrogen-bond donors (Lipinski definition) is 0. The van der Waals surface area contributed by atoms with Gasteiger partial charge in [0.2, 0.25) is 5.88 Å². The van der Waals surface area contributed by atoms with Gasteiger partial charge in [0.1, 0.15) is 0 Å². The zero-order valence-corrected chi connectivity index (χ0v) is 18.5. The van der Waals surface area contributed by atoms with Gasteiger partial charge in [-0.1, -0.05) is 49.4 Å². The van der Waals surface area contributed by atoms with E-state index in [0.29, 0.717) is 12.3 Å². The predicted molar refractivity (Wildman–Crippen MR) is 121 cm³/mol. The van der Waals surface area contributed by atoms with Gasteiger partial charge in [-0.3, -0.25) is 0 Å². The SMILES string of the molecule is C=C(/C=C\C=C(/C)I)CC(C)(C#N)c1ccc2cc(CC)c(OC)nc2c1. The first-order valence-electron chi connectivity index (χ1n) is 8.90. The highest BCUT2D eigenvalue weighted by atomic mass is 127. The summed E-state index contributed by atoms with van der Waals surface area (Å²) in [5, 5.41) is 10.9. The first-order chi connectivity index (χ1) is 12.8. The van der Waals surface area contributed by atoms with Crippen molar-refractivity contribution in [2.75, 3.05) is 7.11 Å². The van der Waals surface area contributed by atoms with Crippen molar-refractivity contribution in [3.63, 3.8) is 0 Å². The topological polar surface area (TPSA) is 45.9 Å². The molecule has 1 heterocycles. The Hall–Kier alpha value is -2.13. The van der Waals surface area contributed by atoms with Crippen LogP contribution in [0.2, 0.25) is 0 Å². The molecule has 1 aromatic carbocycles. The van der Waals surface area contributed by atoms with Gasteiger partial charge < -0.3 is 4.74 Å². The molecule has 0 bridgehead atoms. The van der Waals surface area contributed by atoms with E-state index in [4.69, 9.17) is 4.74 Å². The van der Waals surface area contributed by atoms with E-state index in [9.17, 15) is 5.26 Å². The van der Waals surface area contributed by atoms with Gasteiger partial charge in [0.25, 0.3) is 0 Å². The smallest absolute Gasteiger partial charge is 0.216 e. The molecule has 0 aliphatic carbocycles. The second-order valence-corrected chi connectivity index (χ2v) is 8.51. The minimum absolute atomic E-state index is 0.559. The average Bonchev–Trinajstić information content (AvgIpc) is 2.65. The zero-order valence-electron chi connectivity index (χ0n) is 16.3. The Morgan fingerprint density at radius 1 is 1.41 bits per heavy atom. The number of benzene rings is 1. The fourth-order valence-corrected chi connectivity index (χ4v) is 3.21. The number of fused-ring (bicyclic) bond motifs is 1. The van der Waals surface area contributed by atoms with Crippen LogP contribution in [-0.2, 0) is 11.8 Å². The van der Waals surface area contributed by atoms with Crippen LogP contribution in [0, 0.1) is 11.3 Å². The molecule has 2 aromatic rings. The maximum atomic E-state index is 9.88. The van der Waals surface area contributed by atoms with E-state index in [1.807, 2.05) is 50.3 Å². The summed E-state index contributed by atoms with van der Waals surface area (Å²) >= 11 is 2.26. The molecule has 4 heteroatoms. The van der Waals surface area contributed by atoms with Crippen molar-refractivity contribution in [1.29, 1.82) is 5.26 Å². The number of halogens is 1. The highest BCUT2D eigenvalue weighted by Gasteiger charge is 2.27. The summed E-state index contributed by atoms with van der Waals surface area (Å²) in [6.07, 6.45) is 7.38. The van der Waals surface area contributed by atoms with Crippen molar-refractivity contribution >= 4 is 33.5 Å². The standard InChI is InChI=1S/C23H25IN2O/c1-6-18-12-19-10-11-20(13-21(19)26-22(18)27-5)23(4,15-25)14-16(2)8-7-9-17(3)24/h7-13H,2,6,14H2,1,3-5H3/b8-7-,17-9+. The molecule has 0 fully saturated rings. The Balaban J connectivity index is 2.39. The first kappa shape index (κ1) is 21.2. The summed E-state index contributed by atoms with van der Waals surface area (Å²) in [6.45, 7) is 10.2. The summed E-state index contributed by atoms with van der Waals surface area (Å²) in [7, 11) is 1.64. The number of allylic oxidation sites excluding steroid dienone is 5. The van der Waals surface area contributed by atoms with Gasteiger partial charge in [-0.05, 0) is 70.6 Å². The van der Waals surface area contributed by atoms with Crippen molar-refractivity contribution in [2.24, 2.45) is 0 Å². The van der Waals surface area contributed by atoms with Crippen LogP contribution >= 0.6 is 22.6 Å². The third kappa shape index (κ3) is 5.20. The Morgan fingerprint density at radius 3 is 2.74 bits per heavy atom. The van der Waals surface area contributed by atoms with E-state index in [1.165, 1.54) is 3.58 Å². The molecule has 0 radical (unpaired) electrons. The van der Waals surface area contributed by atoms with Crippen LogP contribution in [0.3, 0.4) is 0 Å². The Kier molecular flexibility index (Phi) is 7.20. The number of rotatable bonds is 7. The quantitative estimate of drug-likeness (QED) is 0.345. The lowest BCUT2D eigenvalue weighted by Crippen LogP contribution is -2.20.